The summed E-state index contributed by atoms with van der Waals surface area (Å²) in [6.45, 7) is 1.67. The Labute approximate surface area is 97.7 Å². The zero-order valence-electron chi connectivity index (χ0n) is 8.33. The Bertz CT molecular complexity index is 369. The molecule has 1 heterocycles. The van der Waals surface area contributed by atoms with Crippen LogP contribution >= 0.6 is 24.0 Å². The molecule has 0 aliphatic carbocycles. The Balaban J connectivity index is 2.71. The first kappa shape index (κ1) is 11.8. The Hall–Kier alpha value is -1.26. The SMILES string of the molecule is CC#CN1C(=O)CS/C1=N\NC(=S)NC. The normalized spacial score (nSPS) is 17.3. The molecule has 0 atom stereocenters. The molecule has 7 heteroatoms. The summed E-state index contributed by atoms with van der Waals surface area (Å²) in [6, 6.07) is 2.66. The standard InChI is InChI=1S/C8H10N4OS2/c1-3-4-12-6(13)5-15-8(12)11-10-7(14)9-2/h5H2,1-2H3,(H2,9,10,14)/b11-8-. The molecule has 1 amide bonds. The van der Waals surface area contributed by atoms with Crippen LogP contribution in [0.4, 0.5) is 0 Å². The van der Waals surface area contributed by atoms with Crippen LogP contribution in [0.15, 0.2) is 5.10 Å². The molecule has 1 aliphatic heterocycles. The van der Waals surface area contributed by atoms with Crippen LogP contribution in [0.25, 0.3) is 0 Å². The molecule has 0 aromatic rings. The number of amidine groups is 1. The molecular formula is C8H10N4OS2. The molecule has 0 unspecified atom stereocenters. The third-order valence-electron chi connectivity index (χ3n) is 1.47. The summed E-state index contributed by atoms with van der Waals surface area (Å²) in [4.78, 5) is 12.6. The van der Waals surface area contributed by atoms with E-state index in [0.717, 1.165) is 0 Å². The van der Waals surface area contributed by atoms with Crippen molar-refractivity contribution in [2.75, 3.05) is 12.8 Å². The fourth-order valence-corrected chi connectivity index (χ4v) is 1.63. The van der Waals surface area contributed by atoms with Crippen LogP contribution in [0.1, 0.15) is 6.92 Å². The van der Waals surface area contributed by atoms with Crippen molar-refractivity contribution < 1.29 is 4.79 Å². The third kappa shape index (κ3) is 3.11. The highest BCUT2D eigenvalue weighted by molar-refractivity contribution is 8.15. The summed E-state index contributed by atoms with van der Waals surface area (Å²) in [5.74, 6) is 2.95. The highest BCUT2D eigenvalue weighted by atomic mass is 32.2. The zero-order chi connectivity index (χ0) is 11.3. The molecule has 5 nitrogen and oxygen atoms in total. The van der Waals surface area contributed by atoms with Crippen LogP contribution in [-0.4, -0.2) is 33.9 Å². The largest absolute Gasteiger partial charge is 0.364 e. The number of hydrogen-bond acceptors (Lipinski definition) is 4. The molecule has 15 heavy (non-hydrogen) atoms. The molecule has 0 radical (unpaired) electrons. The summed E-state index contributed by atoms with van der Waals surface area (Å²) in [5.41, 5.74) is 2.61. The smallest absolute Gasteiger partial charge is 0.250 e. The van der Waals surface area contributed by atoms with Gasteiger partial charge in [-0.2, -0.15) is 0 Å². The van der Waals surface area contributed by atoms with Gasteiger partial charge in [-0.05, 0) is 19.1 Å². The monoisotopic (exact) mass is 242 g/mol. The van der Waals surface area contributed by atoms with E-state index < -0.39 is 0 Å². The van der Waals surface area contributed by atoms with Gasteiger partial charge in [0, 0.05) is 13.1 Å². The van der Waals surface area contributed by atoms with Gasteiger partial charge in [0.1, 0.15) is 0 Å². The van der Waals surface area contributed by atoms with Crippen LogP contribution in [0, 0.1) is 12.0 Å². The van der Waals surface area contributed by atoms with E-state index in [9.17, 15) is 4.79 Å². The van der Waals surface area contributed by atoms with Gasteiger partial charge in [-0.3, -0.25) is 10.2 Å². The van der Waals surface area contributed by atoms with E-state index >= 15 is 0 Å². The lowest BCUT2D eigenvalue weighted by Crippen LogP contribution is -2.31. The maximum absolute atomic E-state index is 11.3. The second-order valence-electron chi connectivity index (χ2n) is 2.46. The van der Waals surface area contributed by atoms with Gasteiger partial charge in [0.15, 0.2) is 5.11 Å². The Morgan fingerprint density at radius 1 is 1.73 bits per heavy atom. The minimum atomic E-state index is -0.0646. The number of hydrogen-bond donors (Lipinski definition) is 2. The quantitative estimate of drug-likeness (QED) is 0.382. The topological polar surface area (TPSA) is 56.7 Å². The third-order valence-corrected chi connectivity index (χ3v) is 2.69. The number of thiocarbonyl (C=S) groups is 1. The second-order valence-corrected chi connectivity index (χ2v) is 3.82. The lowest BCUT2D eigenvalue weighted by atomic mass is 10.6. The lowest BCUT2D eigenvalue weighted by molar-refractivity contribution is -0.121. The Morgan fingerprint density at radius 2 is 2.47 bits per heavy atom. The van der Waals surface area contributed by atoms with E-state index in [-0.39, 0.29) is 5.91 Å². The molecule has 0 aromatic heterocycles. The highest BCUT2D eigenvalue weighted by Crippen LogP contribution is 2.17. The summed E-state index contributed by atoms with van der Waals surface area (Å²) in [5, 5.41) is 7.60. The van der Waals surface area contributed by atoms with E-state index in [1.165, 1.54) is 16.7 Å². The fourth-order valence-electron chi connectivity index (χ4n) is 0.821. The van der Waals surface area contributed by atoms with Crippen molar-refractivity contribution in [2.45, 2.75) is 6.92 Å². The number of nitrogens with zero attached hydrogens (tertiary/aromatic N) is 2. The molecule has 1 aliphatic rings. The molecule has 0 spiro atoms. The average molecular weight is 242 g/mol. The van der Waals surface area contributed by atoms with E-state index in [2.05, 4.69) is 27.8 Å². The van der Waals surface area contributed by atoms with Gasteiger partial charge >= 0.3 is 0 Å². The second kappa shape index (κ2) is 5.58. The summed E-state index contributed by atoms with van der Waals surface area (Å²) in [6.07, 6.45) is 0. The van der Waals surface area contributed by atoms with Crippen LogP contribution < -0.4 is 10.7 Å². The number of nitrogens with one attached hydrogen (secondary N) is 2. The molecule has 1 saturated heterocycles. The molecule has 0 bridgehead atoms. The van der Waals surface area contributed by atoms with E-state index in [1.54, 1.807) is 14.0 Å². The maximum atomic E-state index is 11.3. The van der Waals surface area contributed by atoms with Crippen molar-refractivity contribution in [3.05, 3.63) is 0 Å². The molecule has 2 N–H and O–H groups in total. The minimum Gasteiger partial charge on any atom is -0.364 e. The van der Waals surface area contributed by atoms with Gasteiger partial charge < -0.3 is 5.32 Å². The van der Waals surface area contributed by atoms with E-state index in [1.807, 2.05) is 0 Å². The number of carbonyl (C=O) groups excluding carboxylic acids is 1. The van der Waals surface area contributed by atoms with Crippen LogP contribution in [0.5, 0.6) is 0 Å². The van der Waals surface area contributed by atoms with Crippen molar-refractivity contribution in [1.82, 2.24) is 15.6 Å². The van der Waals surface area contributed by atoms with Crippen molar-refractivity contribution in [3.8, 4) is 12.0 Å². The van der Waals surface area contributed by atoms with Gasteiger partial charge in [-0.1, -0.05) is 17.7 Å². The predicted molar refractivity (Wildman–Crippen MR) is 65.0 cm³/mol. The van der Waals surface area contributed by atoms with Gasteiger partial charge in [-0.15, -0.1) is 5.10 Å². The number of rotatable bonds is 1. The first-order chi connectivity index (χ1) is 7.19. The Morgan fingerprint density at radius 3 is 3.07 bits per heavy atom. The first-order valence-corrected chi connectivity index (χ1v) is 5.52. The molecule has 0 aromatic carbocycles. The van der Waals surface area contributed by atoms with Gasteiger partial charge in [-0.25, -0.2) is 4.90 Å². The van der Waals surface area contributed by atoms with E-state index in [0.29, 0.717) is 16.0 Å². The Kier molecular flexibility index (Phi) is 4.39. The van der Waals surface area contributed by atoms with Crippen molar-refractivity contribution in [2.24, 2.45) is 5.10 Å². The minimum absolute atomic E-state index is 0.0646. The molecule has 1 rings (SSSR count). The molecule has 80 valence electrons. The number of thioether (sulfide) groups is 1. The van der Waals surface area contributed by atoms with E-state index in [4.69, 9.17) is 12.2 Å². The van der Waals surface area contributed by atoms with Crippen LogP contribution in [0.2, 0.25) is 0 Å². The van der Waals surface area contributed by atoms with Crippen LogP contribution in [-0.2, 0) is 4.79 Å². The van der Waals surface area contributed by atoms with Crippen molar-refractivity contribution >= 4 is 40.2 Å². The number of hydrazone groups is 1. The average Bonchev–Trinajstić information content (AvgIpc) is 2.58. The molecule has 0 saturated carbocycles. The molecule has 1 fully saturated rings. The van der Waals surface area contributed by atoms with Crippen molar-refractivity contribution in [3.63, 3.8) is 0 Å². The zero-order valence-corrected chi connectivity index (χ0v) is 9.96. The van der Waals surface area contributed by atoms with Gasteiger partial charge in [0.25, 0.3) is 5.91 Å². The van der Waals surface area contributed by atoms with Crippen LogP contribution in [0.3, 0.4) is 0 Å². The lowest BCUT2D eigenvalue weighted by Gasteiger charge is -2.07. The number of amides is 1. The first-order valence-electron chi connectivity index (χ1n) is 4.12. The summed E-state index contributed by atoms with van der Waals surface area (Å²) in [7, 11) is 1.69. The fraction of sp³-hybridized carbons (Fsp3) is 0.375. The summed E-state index contributed by atoms with van der Waals surface area (Å²) < 4.78 is 0. The van der Waals surface area contributed by atoms with Gasteiger partial charge in [0.2, 0.25) is 5.17 Å². The summed E-state index contributed by atoms with van der Waals surface area (Å²) >= 11 is 6.17. The maximum Gasteiger partial charge on any atom is 0.250 e. The highest BCUT2D eigenvalue weighted by Gasteiger charge is 2.27. The predicted octanol–water partition coefficient (Wildman–Crippen LogP) is -0.0925. The molecular weight excluding hydrogens is 232 g/mol. The van der Waals surface area contributed by atoms with Crippen molar-refractivity contribution in [1.29, 1.82) is 0 Å². The van der Waals surface area contributed by atoms with Gasteiger partial charge in [0.05, 0.1) is 5.75 Å². The number of carbonyl (C=O) groups is 1.